The third-order valence-corrected chi connectivity index (χ3v) is 2.49. The fourth-order valence-corrected chi connectivity index (χ4v) is 1.97. The highest BCUT2D eigenvalue weighted by Gasteiger charge is 2.08. The van der Waals surface area contributed by atoms with Crippen LogP contribution in [0.15, 0.2) is 18.2 Å². The van der Waals surface area contributed by atoms with E-state index in [2.05, 4.69) is 11.1 Å². The zero-order valence-electron chi connectivity index (χ0n) is 8.48. The number of aromatic nitrogens is 2. The van der Waals surface area contributed by atoms with Gasteiger partial charge in [0.1, 0.15) is 6.07 Å². The molecular formula is C10H10N4S. The van der Waals surface area contributed by atoms with Gasteiger partial charge >= 0.3 is 0 Å². The maximum Gasteiger partial charge on any atom is 0.197 e. The largest absolute Gasteiger partial charge is 0.328 e. The van der Waals surface area contributed by atoms with Crippen LogP contribution in [-0.4, -0.2) is 23.8 Å². The second kappa shape index (κ2) is 3.41. The number of hydrogen-bond donors (Lipinski definition) is 1. The molecule has 76 valence electrons. The van der Waals surface area contributed by atoms with Crippen molar-refractivity contribution >= 4 is 23.3 Å². The van der Waals surface area contributed by atoms with Gasteiger partial charge < -0.3 is 9.99 Å². The lowest BCUT2D eigenvalue weighted by Gasteiger charge is -2.14. The predicted octanol–water partition coefficient (Wildman–Crippen LogP) is 1.77. The van der Waals surface area contributed by atoms with Gasteiger partial charge in [-0.25, -0.2) is 4.68 Å². The highest BCUT2D eigenvalue weighted by Crippen LogP contribution is 2.17. The van der Waals surface area contributed by atoms with Crippen molar-refractivity contribution in [2.45, 2.75) is 0 Å². The summed E-state index contributed by atoms with van der Waals surface area (Å²) in [4.78, 5) is 3.04. The average Bonchev–Trinajstić information content (AvgIpc) is 2.53. The summed E-state index contributed by atoms with van der Waals surface area (Å²) in [6.45, 7) is 0. The number of rotatable bonds is 1. The van der Waals surface area contributed by atoms with Crippen molar-refractivity contribution in [2.75, 3.05) is 19.1 Å². The summed E-state index contributed by atoms with van der Waals surface area (Å²) >= 11 is 5.19. The van der Waals surface area contributed by atoms with E-state index in [0.29, 0.717) is 10.3 Å². The van der Waals surface area contributed by atoms with Crippen LogP contribution in [0.2, 0.25) is 0 Å². The molecule has 0 atom stereocenters. The van der Waals surface area contributed by atoms with Crippen molar-refractivity contribution in [3.05, 3.63) is 28.5 Å². The van der Waals surface area contributed by atoms with E-state index in [4.69, 9.17) is 17.5 Å². The number of nitrogens with zero attached hydrogens (tertiary/aromatic N) is 3. The maximum absolute atomic E-state index is 8.95. The summed E-state index contributed by atoms with van der Waals surface area (Å²) in [6.07, 6.45) is 0. The molecule has 1 N–H and O–H groups in total. The van der Waals surface area contributed by atoms with E-state index in [0.717, 1.165) is 11.0 Å². The van der Waals surface area contributed by atoms with Gasteiger partial charge in [-0.1, -0.05) is 6.07 Å². The Morgan fingerprint density at radius 2 is 2.20 bits per heavy atom. The van der Waals surface area contributed by atoms with Gasteiger partial charge in [0.05, 0.1) is 16.6 Å². The van der Waals surface area contributed by atoms with Crippen LogP contribution in [0.4, 0.5) is 0 Å². The number of aromatic amines is 1. The second-order valence-corrected chi connectivity index (χ2v) is 3.79. The number of para-hydroxylation sites is 1. The van der Waals surface area contributed by atoms with E-state index in [-0.39, 0.29) is 0 Å². The monoisotopic (exact) mass is 218 g/mol. The average molecular weight is 218 g/mol. The molecule has 0 bridgehead atoms. The van der Waals surface area contributed by atoms with E-state index >= 15 is 0 Å². The molecule has 1 heterocycles. The quantitative estimate of drug-likeness (QED) is 0.742. The second-order valence-electron chi connectivity index (χ2n) is 3.40. The third kappa shape index (κ3) is 1.39. The van der Waals surface area contributed by atoms with Crippen LogP contribution in [0.3, 0.4) is 0 Å². The Morgan fingerprint density at radius 3 is 2.80 bits per heavy atom. The lowest BCUT2D eigenvalue weighted by Crippen LogP contribution is -2.24. The molecule has 0 spiro atoms. The first-order valence-corrected chi connectivity index (χ1v) is 4.87. The maximum atomic E-state index is 8.95. The summed E-state index contributed by atoms with van der Waals surface area (Å²) < 4.78 is 2.45. The molecule has 2 rings (SSSR count). The number of hydrogen-bond acceptors (Lipinski definition) is 3. The van der Waals surface area contributed by atoms with Crippen molar-refractivity contribution in [2.24, 2.45) is 0 Å². The summed E-state index contributed by atoms with van der Waals surface area (Å²) in [6, 6.07) is 7.70. The number of H-pyrrole nitrogens is 1. The molecular weight excluding hydrogens is 208 g/mol. The highest BCUT2D eigenvalue weighted by molar-refractivity contribution is 7.71. The molecule has 0 fully saturated rings. The van der Waals surface area contributed by atoms with Crippen molar-refractivity contribution < 1.29 is 0 Å². The van der Waals surface area contributed by atoms with Crippen molar-refractivity contribution in [1.29, 1.82) is 5.26 Å². The number of nitrogens with one attached hydrogen (secondary N) is 1. The van der Waals surface area contributed by atoms with E-state index in [1.165, 1.54) is 0 Å². The van der Waals surface area contributed by atoms with Crippen molar-refractivity contribution in [3.8, 4) is 6.07 Å². The van der Waals surface area contributed by atoms with Crippen LogP contribution in [0.5, 0.6) is 0 Å². The van der Waals surface area contributed by atoms with Crippen LogP contribution in [0.25, 0.3) is 11.0 Å². The van der Waals surface area contributed by atoms with E-state index in [9.17, 15) is 0 Å². The molecule has 0 saturated carbocycles. The predicted molar refractivity (Wildman–Crippen MR) is 61.9 cm³/mol. The van der Waals surface area contributed by atoms with Crippen LogP contribution >= 0.6 is 12.2 Å². The lowest BCUT2D eigenvalue weighted by atomic mass is 10.2. The Hall–Kier alpha value is -1.80. The Kier molecular flexibility index (Phi) is 2.21. The molecule has 5 heteroatoms. The Balaban J connectivity index is 2.92. The Morgan fingerprint density at radius 1 is 1.47 bits per heavy atom. The Bertz CT molecular complexity index is 600. The lowest BCUT2D eigenvalue weighted by molar-refractivity contribution is 0.742. The first-order chi connectivity index (χ1) is 7.15. The summed E-state index contributed by atoms with van der Waals surface area (Å²) in [7, 11) is 3.81. The van der Waals surface area contributed by atoms with Gasteiger partial charge in [0, 0.05) is 14.1 Å². The number of fused-ring (bicyclic) bond motifs is 1. The van der Waals surface area contributed by atoms with E-state index in [1.807, 2.05) is 35.9 Å². The van der Waals surface area contributed by atoms with Gasteiger partial charge in [0.2, 0.25) is 0 Å². The van der Waals surface area contributed by atoms with E-state index in [1.54, 1.807) is 6.07 Å². The minimum atomic E-state index is 0.595. The minimum Gasteiger partial charge on any atom is -0.328 e. The minimum absolute atomic E-state index is 0.595. The molecule has 0 radical (unpaired) electrons. The first-order valence-electron chi connectivity index (χ1n) is 4.46. The van der Waals surface area contributed by atoms with Crippen LogP contribution in [0, 0.1) is 16.1 Å². The van der Waals surface area contributed by atoms with Crippen molar-refractivity contribution in [3.63, 3.8) is 0 Å². The number of benzene rings is 1. The zero-order valence-corrected chi connectivity index (χ0v) is 9.30. The molecule has 1 aromatic carbocycles. The van der Waals surface area contributed by atoms with Gasteiger partial charge in [-0.15, -0.1) is 0 Å². The van der Waals surface area contributed by atoms with Crippen LogP contribution < -0.4 is 5.01 Å². The van der Waals surface area contributed by atoms with Gasteiger partial charge in [-0.3, -0.25) is 0 Å². The summed E-state index contributed by atoms with van der Waals surface area (Å²) in [5.41, 5.74) is 2.32. The molecule has 1 aromatic heterocycles. The van der Waals surface area contributed by atoms with E-state index < -0.39 is 0 Å². The van der Waals surface area contributed by atoms with Crippen LogP contribution in [-0.2, 0) is 0 Å². The molecule has 0 saturated heterocycles. The molecule has 0 aliphatic heterocycles. The summed E-state index contributed by atoms with van der Waals surface area (Å²) in [5.74, 6) is 0. The SMILES string of the molecule is CN(C)n1c(=S)[nH]c2c(C#N)cccc21. The molecule has 0 amide bonds. The molecule has 0 aliphatic rings. The van der Waals surface area contributed by atoms with Crippen molar-refractivity contribution in [1.82, 2.24) is 9.66 Å². The topological polar surface area (TPSA) is 47.8 Å². The zero-order chi connectivity index (χ0) is 11.0. The van der Waals surface area contributed by atoms with Gasteiger partial charge in [0.15, 0.2) is 4.77 Å². The molecule has 4 nitrogen and oxygen atoms in total. The van der Waals surface area contributed by atoms with Gasteiger partial charge in [0.25, 0.3) is 0 Å². The van der Waals surface area contributed by atoms with Crippen LogP contribution in [0.1, 0.15) is 5.56 Å². The van der Waals surface area contributed by atoms with Gasteiger partial charge in [-0.2, -0.15) is 5.26 Å². The number of nitriles is 1. The molecule has 0 aliphatic carbocycles. The number of imidazole rings is 1. The summed E-state index contributed by atoms with van der Waals surface area (Å²) in [5, 5.41) is 10.8. The normalized spacial score (nSPS) is 10.2. The first kappa shape index (κ1) is 9.74. The smallest absolute Gasteiger partial charge is 0.197 e. The fraction of sp³-hybridized carbons (Fsp3) is 0.200. The molecule has 0 unspecified atom stereocenters. The fourth-order valence-electron chi connectivity index (χ4n) is 1.61. The molecule has 2 aromatic rings. The molecule has 15 heavy (non-hydrogen) atoms. The van der Waals surface area contributed by atoms with Gasteiger partial charge in [-0.05, 0) is 24.4 Å². The Labute approximate surface area is 92.3 Å². The highest BCUT2D eigenvalue weighted by atomic mass is 32.1. The third-order valence-electron chi connectivity index (χ3n) is 2.22. The standard InChI is InChI=1S/C10H10N4S/c1-13(2)14-8-5-3-4-7(6-11)9(8)12-10(14)15/h3-5H,1-2H3,(H,12,15).